The normalized spacial score (nSPS) is 10.2. The molecule has 2 amide bonds. The van der Waals surface area contributed by atoms with Gasteiger partial charge < -0.3 is 10.2 Å². The number of nitrogens with one attached hydrogen (secondary N) is 1. The average Bonchev–Trinajstić information content (AvgIpc) is 2.46. The zero-order valence-electron chi connectivity index (χ0n) is 11.9. The number of benzene rings is 1. The van der Waals surface area contributed by atoms with Crippen molar-refractivity contribution in [1.82, 2.24) is 9.88 Å². The van der Waals surface area contributed by atoms with E-state index in [1.807, 2.05) is 0 Å². The summed E-state index contributed by atoms with van der Waals surface area (Å²) in [7, 11) is 3.12. The van der Waals surface area contributed by atoms with E-state index in [0.29, 0.717) is 0 Å². The maximum absolute atomic E-state index is 13.5. The number of halogens is 2. The number of aromatic nitrogens is 1. The maximum atomic E-state index is 13.5. The van der Waals surface area contributed by atoms with Gasteiger partial charge in [0.2, 0.25) is 0 Å². The van der Waals surface area contributed by atoms with Gasteiger partial charge in [0, 0.05) is 26.0 Å². The molecule has 0 unspecified atom stereocenters. The van der Waals surface area contributed by atoms with Crippen molar-refractivity contribution in [2.45, 2.75) is 0 Å². The lowest BCUT2D eigenvalue weighted by Crippen LogP contribution is -2.23. The summed E-state index contributed by atoms with van der Waals surface area (Å²) in [5, 5.41) is 2.34. The van der Waals surface area contributed by atoms with Crippen LogP contribution in [0.3, 0.4) is 0 Å². The zero-order chi connectivity index (χ0) is 16.3. The topological polar surface area (TPSA) is 62.3 Å². The minimum atomic E-state index is -0.962. The number of hydrogen-bond donors (Lipinski definition) is 1. The Hall–Kier alpha value is -2.83. The van der Waals surface area contributed by atoms with Crippen LogP contribution in [0.5, 0.6) is 0 Å². The Morgan fingerprint density at radius 3 is 2.36 bits per heavy atom. The molecule has 1 aromatic heterocycles. The molecule has 1 aromatic carbocycles. The number of amides is 2. The Labute approximate surface area is 125 Å². The monoisotopic (exact) mass is 305 g/mol. The molecule has 0 saturated heterocycles. The predicted octanol–water partition coefficient (Wildman–Crippen LogP) is 2.31. The molecule has 2 aromatic rings. The summed E-state index contributed by atoms with van der Waals surface area (Å²) in [5.41, 5.74) is -0.357. The smallest absolute Gasteiger partial charge is 0.272 e. The van der Waals surface area contributed by atoms with Gasteiger partial charge in [-0.15, -0.1) is 0 Å². The fourth-order valence-corrected chi connectivity index (χ4v) is 1.76. The van der Waals surface area contributed by atoms with E-state index in [0.717, 1.165) is 12.1 Å². The largest absolute Gasteiger partial charge is 0.343 e. The average molecular weight is 305 g/mol. The van der Waals surface area contributed by atoms with Gasteiger partial charge in [-0.1, -0.05) is 6.07 Å². The third kappa shape index (κ3) is 3.25. The Morgan fingerprint density at radius 2 is 1.77 bits per heavy atom. The zero-order valence-corrected chi connectivity index (χ0v) is 11.9. The maximum Gasteiger partial charge on any atom is 0.272 e. The van der Waals surface area contributed by atoms with Crippen LogP contribution in [0.4, 0.5) is 14.5 Å². The van der Waals surface area contributed by atoms with Gasteiger partial charge in [0.05, 0.1) is 0 Å². The summed E-state index contributed by atoms with van der Waals surface area (Å²) in [6.07, 6.45) is 1.32. The molecule has 0 bridgehead atoms. The van der Waals surface area contributed by atoms with Gasteiger partial charge in [0.15, 0.2) is 0 Å². The first-order valence-corrected chi connectivity index (χ1v) is 6.33. The fraction of sp³-hybridized carbons (Fsp3) is 0.133. The minimum Gasteiger partial charge on any atom is -0.343 e. The highest BCUT2D eigenvalue weighted by atomic mass is 19.1. The number of carbonyl (C=O) groups excluding carboxylic acids is 2. The first-order valence-electron chi connectivity index (χ1n) is 6.33. The van der Waals surface area contributed by atoms with E-state index >= 15 is 0 Å². The molecule has 0 atom stereocenters. The molecule has 0 spiro atoms. The van der Waals surface area contributed by atoms with Crippen LogP contribution >= 0.6 is 0 Å². The van der Waals surface area contributed by atoms with Gasteiger partial charge in [-0.25, -0.2) is 8.78 Å². The van der Waals surface area contributed by atoms with E-state index < -0.39 is 23.1 Å². The molecule has 0 aliphatic carbocycles. The van der Waals surface area contributed by atoms with Crippen LogP contribution in [-0.2, 0) is 0 Å². The van der Waals surface area contributed by atoms with E-state index in [1.54, 1.807) is 14.1 Å². The Morgan fingerprint density at radius 1 is 1.14 bits per heavy atom. The molecule has 1 heterocycles. The molecule has 5 nitrogen and oxygen atoms in total. The summed E-state index contributed by atoms with van der Waals surface area (Å²) in [4.78, 5) is 29.0. The lowest BCUT2D eigenvalue weighted by molar-refractivity contribution is 0.0821. The SMILES string of the molecule is CN(C)C(=O)c1cc(NC(=O)c2c(F)cccc2F)ccn1. The molecule has 0 aliphatic rings. The van der Waals surface area contributed by atoms with Crippen molar-refractivity contribution >= 4 is 17.5 Å². The van der Waals surface area contributed by atoms with Crippen LogP contribution in [0.25, 0.3) is 0 Å². The summed E-state index contributed by atoms with van der Waals surface area (Å²) < 4.78 is 27.1. The summed E-state index contributed by atoms with van der Waals surface area (Å²) >= 11 is 0. The number of anilines is 1. The first kappa shape index (κ1) is 15.6. The van der Waals surface area contributed by atoms with Gasteiger partial charge >= 0.3 is 0 Å². The summed E-state index contributed by atoms with van der Waals surface area (Å²) in [6, 6.07) is 5.90. The third-order valence-electron chi connectivity index (χ3n) is 2.83. The molecule has 22 heavy (non-hydrogen) atoms. The molecule has 0 fully saturated rings. The molecule has 2 rings (SSSR count). The van der Waals surface area contributed by atoms with Crippen molar-refractivity contribution in [3.8, 4) is 0 Å². The highest BCUT2D eigenvalue weighted by Gasteiger charge is 2.18. The summed E-state index contributed by atoms with van der Waals surface area (Å²) in [6.45, 7) is 0. The van der Waals surface area contributed by atoms with E-state index in [4.69, 9.17) is 0 Å². The van der Waals surface area contributed by atoms with E-state index in [-0.39, 0.29) is 17.3 Å². The molecule has 0 radical (unpaired) electrons. The van der Waals surface area contributed by atoms with E-state index in [9.17, 15) is 18.4 Å². The number of hydrogen-bond acceptors (Lipinski definition) is 3. The highest BCUT2D eigenvalue weighted by Crippen LogP contribution is 2.16. The highest BCUT2D eigenvalue weighted by molar-refractivity contribution is 6.05. The number of rotatable bonds is 3. The number of pyridine rings is 1. The van der Waals surface area contributed by atoms with Crippen molar-refractivity contribution < 1.29 is 18.4 Å². The predicted molar refractivity (Wildman–Crippen MR) is 76.6 cm³/mol. The lowest BCUT2D eigenvalue weighted by Gasteiger charge is -2.11. The van der Waals surface area contributed by atoms with Crippen LogP contribution in [0, 0.1) is 11.6 Å². The van der Waals surface area contributed by atoms with Crippen LogP contribution in [0.1, 0.15) is 20.8 Å². The van der Waals surface area contributed by atoms with Crippen molar-refractivity contribution in [2.75, 3.05) is 19.4 Å². The first-order chi connectivity index (χ1) is 10.4. The van der Waals surface area contributed by atoms with E-state index in [2.05, 4.69) is 10.3 Å². The molecule has 7 heteroatoms. The Balaban J connectivity index is 2.26. The van der Waals surface area contributed by atoms with Gasteiger partial charge in [0.1, 0.15) is 22.9 Å². The van der Waals surface area contributed by atoms with Crippen LogP contribution in [0.15, 0.2) is 36.5 Å². The number of nitrogens with zero attached hydrogens (tertiary/aromatic N) is 2. The number of carbonyl (C=O) groups is 2. The van der Waals surface area contributed by atoms with Crippen molar-refractivity contribution in [3.63, 3.8) is 0 Å². The van der Waals surface area contributed by atoms with E-state index in [1.165, 1.54) is 29.3 Å². The van der Waals surface area contributed by atoms with Crippen LogP contribution in [0.2, 0.25) is 0 Å². The Bertz CT molecular complexity index is 712. The lowest BCUT2D eigenvalue weighted by atomic mass is 10.2. The van der Waals surface area contributed by atoms with Gasteiger partial charge in [-0.3, -0.25) is 14.6 Å². The second kappa shape index (κ2) is 6.30. The van der Waals surface area contributed by atoms with Crippen LogP contribution in [-0.4, -0.2) is 35.8 Å². The molecular formula is C15H13F2N3O2. The molecule has 114 valence electrons. The molecule has 0 saturated carbocycles. The molecule has 1 N–H and O–H groups in total. The second-order valence-electron chi connectivity index (χ2n) is 4.68. The fourth-order valence-electron chi connectivity index (χ4n) is 1.76. The van der Waals surface area contributed by atoms with Gasteiger partial charge in [-0.2, -0.15) is 0 Å². The van der Waals surface area contributed by atoms with Crippen molar-refractivity contribution in [1.29, 1.82) is 0 Å². The quantitative estimate of drug-likeness (QED) is 0.946. The van der Waals surface area contributed by atoms with Gasteiger partial charge in [0.25, 0.3) is 11.8 Å². The second-order valence-corrected chi connectivity index (χ2v) is 4.68. The van der Waals surface area contributed by atoms with Crippen molar-refractivity contribution in [2.24, 2.45) is 0 Å². The Kier molecular flexibility index (Phi) is 4.45. The minimum absolute atomic E-state index is 0.108. The van der Waals surface area contributed by atoms with Crippen LogP contribution < -0.4 is 5.32 Å². The summed E-state index contributed by atoms with van der Waals surface area (Å²) in [5.74, 6) is -3.22. The molecule has 0 aliphatic heterocycles. The molecular weight excluding hydrogens is 292 g/mol. The standard InChI is InChI=1S/C15H13F2N3O2/c1-20(2)15(22)12-8-9(6-7-18-12)19-14(21)13-10(16)4-3-5-11(13)17/h3-8H,1-2H3,(H,18,19,21). The van der Waals surface area contributed by atoms with Gasteiger partial charge in [-0.05, 0) is 24.3 Å². The third-order valence-corrected chi connectivity index (χ3v) is 2.83. The van der Waals surface area contributed by atoms with Crippen molar-refractivity contribution in [3.05, 3.63) is 59.4 Å².